The predicted molar refractivity (Wildman–Crippen MR) is 149 cm³/mol. The summed E-state index contributed by atoms with van der Waals surface area (Å²) in [6.45, 7) is 10.6. The zero-order chi connectivity index (χ0) is 31.3. The van der Waals surface area contributed by atoms with Crippen LogP contribution >= 0.6 is 0 Å². The number of pyridine rings is 1. The number of benzene rings is 1. The van der Waals surface area contributed by atoms with Crippen molar-refractivity contribution in [2.45, 2.75) is 71.0 Å². The molecule has 1 unspecified atom stereocenters. The van der Waals surface area contributed by atoms with Crippen LogP contribution < -0.4 is 19.1 Å². The second-order valence-electron chi connectivity index (χ2n) is 12.1. The van der Waals surface area contributed by atoms with Crippen molar-refractivity contribution < 1.29 is 46.8 Å². The summed E-state index contributed by atoms with van der Waals surface area (Å²) >= 11 is 0. The van der Waals surface area contributed by atoms with Crippen molar-refractivity contribution in [2.75, 3.05) is 44.8 Å². The van der Waals surface area contributed by atoms with E-state index in [2.05, 4.69) is 9.72 Å². The number of amides is 1. The number of hydrogen-bond acceptors (Lipinski definition) is 9. The summed E-state index contributed by atoms with van der Waals surface area (Å²) in [7, 11) is 1.55. The van der Waals surface area contributed by atoms with Crippen LogP contribution in [0, 0.1) is 12.3 Å². The summed E-state index contributed by atoms with van der Waals surface area (Å²) in [6.07, 6.45) is -6.41. The molecule has 3 saturated heterocycles. The molecule has 3 fully saturated rings. The van der Waals surface area contributed by atoms with E-state index in [1.807, 2.05) is 30.0 Å². The first-order chi connectivity index (χ1) is 20.1. The van der Waals surface area contributed by atoms with Gasteiger partial charge in [0.05, 0.1) is 38.6 Å². The number of alkyl halides is 3. The summed E-state index contributed by atoms with van der Waals surface area (Å²) < 4.78 is 65.1. The number of methoxy groups -OCH3 is 1. The molecule has 236 valence electrons. The highest BCUT2D eigenvalue weighted by molar-refractivity contribution is 5.82. The lowest BCUT2D eigenvalue weighted by molar-refractivity contribution is -0.275. The topological polar surface area (TPSA) is 103 Å². The number of halogens is 3. The summed E-state index contributed by atoms with van der Waals surface area (Å²) in [5, 5.41) is 10.9. The van der Waals surface area contributed by atoms with Gasteiger partial charge in [0.1, 0.15) is 11.9 Å². The molecule has 1 aromatic heterocycles. The van der Waals surface area contributed by atoms with Gasteiger partial charge >= 0.3 is 6.36 Å². The van der Waals surface area contributed by atoms with Crippen molar-refractivity contribution in [2.24, 2.45) is 5.41 Å². The van der Waals surface area contributed by atoms with Crippen LogP contribution in [-0.2, 0) is 14.3 Å². The zero-order valence-electron chi connectivity index (χ0n) is 25.1. The molecule has 0 saturated carbocycles. The highest BCUT2D eigenvalue weighted by atomic mass is 19.4. The highest BCUT2D eigenvalue weighted by Gasteiger charge is 2.51. The lowest BCUT2D eigenvalue weighted by atomic mass is 9.72. The van der Waals surface area contributed by atoms with Gasteiger partial charge in [0, 0.05) is 24.4 Å². The third kappa shape index (κ3) is 6.48. The van der Waals surface area contributed by atoms with E-state index in [0.717, 1.165) is 5.56 Å². The average molecular weight is 610 g/mol. The Kier molecular flexibility index (Phi) is 8.20. The summed E-state index contributed by atoms with van der Waals surface area (Å²) in [5.74, 6) is 0.0602. The Morgan fingerprint density at radius 1 is 1.12 bits per heavy atom. The third-order valence-electron chi connectivity index (χ3n) is 8.58. The molecule has 2 aromatic rings. The normalized spacial score (nSPS) is 26.3. The first-order valence-electron chi connectivity index (χ1n) is 14.2. The molecule has 3 aliphatic heterocycles. The Bertz CT molecular complexity index is 1350. The lowest BCUT2D eigenvalue weighted by Gasteiger charge is -2.40. The van der Waals surface area contributed by atoms with Crippen molar-refractivity contribution >= 4 is 11.7 Å². The third-order valence-corrected chi connectivity index (χ3v) is 8.58. The molecule has 0 spiro atoms. The van der Waals surface area contributed by atoms with Crippen molar-refractivity contribution in [1.82, 2.24) is 9.88 Å². The van der Waals surface area contributed by atoms with Crippen molar-refractivity contribution in [3.8, 4) is 17.2 Å². The fraction of sp³-hybridized carbons (Fsp3) is 0.600. The Morgan fingerprint density at radius 3 is 2.40 bits per heavy atom. The molecule has 1 N–H and O–H groups in total. The number of aliphatic hydroxyl groups is 1. The molecular formula is C30H38F3N3O7. The monoisotopic (exact) mass is 609 g/mol. The number of anilines is 1. The summed E-state index contributed by atoms with van der Waals surface area (Å²) in [6, 6.07) is 8.37. The van der Waals surface area contributed by atoms with E-state index in [9.17, 15) is 23.1 Å². The van der Waals surface area contributed by atoms with Crippen LogP contribution in [0.3, 0.4) is 0 Å². The van der Waals surface area contributed by atoms with Crippen LogP contribution in [0.2, 0.25) is 0 Å². The van der Waals surface area contributed by atoms with Gasteiger partial charge in [0.2, 0.25) is 0 Å². The maximum absolute atomic E-state index is 13.4. The standard InChI is InChI=1S/C30H38F3N3O7/c1-17-22(43-30(31,32)33)9-10-26(34-17)35-12-20(13-35)41-24-11-19(7-8-23(24)39-6)21-14-36(16-29(21,5)18(2)37)27(38)25-15-40-28(3,4)42-25/h7-11,18,20-21,25,37H,12-16H2,1-6H3/t18?,21-,25-,29-/m0/s1. The average Bonchev–Trinajstić information content (AvgIpc) is 3.46. The summed E-state index contributed by atoms with van der Waals surface area (Å²) in [4.78, 5) is 21.3. The number of likely N-dealkylation sites (tertiary alicyclic amines) is 1. The van der Waals surface area contributed by atoms with E-state index in [0.29, 0.717) is 43.5 Å². The minimum Gasteiger partial charge on any atom is -0.493 e. The number of nitrogens with zero attached hydrogens (tertiary/aromatic N) is 3. The van der Waals surface area contributed by atoms with Crippen LogP contribution in [0.4, 0.5) is 19.0 Å². The van der Waals surface area contributed by atoms with Crippen LogP contribution in [0.15, 0.2) is 30.3 Å². The molecule has 0 radical (unpaired) electrons. The van der Waals surface area contributed by atoms with Gasteiger partial charge in [-0.25, -0.2) is 4.98 Å². The SMILES string of the molecule is COc1ccc([C@@H]2CN(C(=O)[C@@H]3COC(C)(C)O3)C[C@@]2(C)C(C)O)cc1OC1CN(c2ccc(OC(F)(F)F)c(C)n2)C1. The molecule has 13 heteroatoms. The minimum atomic E-state index is -4.78. The van der Waals surface area contributed by atoms with E-state index in [1.54, 1.807) is 32.8 Å². The van der Waals surface area contributed by atoms with E-state index < -0.39 is 29.8 Å². The van der Waals surface area contributed by atoms with E-state index >= 15 is 0 Å². The maximum Gasteiger partial charge on any atom is 0.573 e. The Labute approximate surface area is 248 Å². The fourth-order valence-corrected chi connectivity index (χ4v) is 5.93. The number of carbonyl (C=O) groups is 1. The molecule has 0 bridgehead atoms. The number of rotatable bonds is 8. The van der Waals surface area contributed by atoms with Gasteiger partial charge in [-0.2, -0.15) is 0 Å². The van der Waals surface area contributed by atoms with Crippen LogP contribution in [0.25, 0.3) is 0 Å². The highest BCUT2D eigenvalue weighted by Crippen LogP contribution is 2.47. The minimum absolute atomic E-state index is 0.134. The van der Waals surface area contributed by atoms with Crippen molar-refractivity contribution in [3.63, 3.8) is 0 Å². The quantitative estimate of drug-likeness (QED) is 0.475. The number of aliphatic hydroxyl groups excluding tert-OH is 1. The molecule has 1 amide bonds. The van der Waals surface area contributed by atoms with Crippen LogP contribution in [-0.4, -0.2) is 91.3 Å². The molecular weight excluding hydrogens is 571 g/mol. The molecule has 5 rings (SSSR count). The van der Waals surface area contributed by atoms with Gasteiger partial charge in [-0.1, -0.05) is 13.0 Å². The molecule has 4 heterocycles. The van der Waals surface area contributed by atoms with E-state index in [-0.39, 0.29) is 36.0 Å². The Hall–Kier alpha value is -3.29. The largest absolute Gasteiger partial charge is 0.573 e. The first kappa shape index (κ1) is 31.1. The number of ether oxygens (including phenoxy) is 5. The number of aromatic nitrogens is 1. The van der Waals surface area contributed by atoms with E-state index in [1.165, 1.54) is 19.1 Å². The maximum atomic E-state index is 13.4. The number of aryl methyl sites for hydroxylation is 1. The number of carbonyl (C=O) groups excluding carboxylic acids is 1. The van der Waals surface area contributed by atoms with Gasteiger partial charge in [-0.05, 0) is 57.5 Å². The fourth-order valence-electron chi connectivity index (χ4n) is 5.93. The van der Waals surface area contributed by atoms with Gasteiger partial charge in [0.25, 0.3) is 5.91 Å². The second kappa shape index (κ2) is 11.3. The van der Waals surface area contributed by atoms with Gasteiger partial charge in [-0.3, -0.25) is 4.79 Å². The zero-order valence-corrected chi connectivity index (χ0v) is 25.1. The van der Waals surface area contributed by atoms with Crippen LogP contribution in [0.1, 0.15) is 44.9 Å². The molecule has 43 heavy (non-hydrogen) atoms. The molecule has 10 nitrogen and oxygen atoms in total. The second-order valence-corrected chi connectivity index (χ2v) is 12.1. The Balaban J connectivity index is 1.29. The smallest absolute Gasteiger partial charge is 0.493 e. The van der Waals surface area contributed by atoms with Gasteiger partial charge in [0.15, 0.2) is 29.1 Å². The van der Waals surface area contributed by atoms with Crippen LogP contribution in [0.5, 0.6) is 17.2 Å². The van der Waals surface area contributed by atoms with Crippen molar-refractivity contribution in [3.05, 3.63) is 41.6 Å². The molecule has 4 atom stereocenters. The molecule has 1 aromatic carbocycles. The van der Waals surface area contributed by atoms with Gasteiger partial charge < -0.3 is 38.6 Å². The first-order valence-corrected chi connectivity index (χ1v) is 14.2. The predicted octanol–water partition coefficient (Wildman–Crippen LogP) is 4.03. The summed E-state index contributed by atoms with van der Waals surface area (Å²) in [5.41, 5.74) is 0.400. The Morgan fingerprint density at radius 2 is 1.81 bits per heavy atom. The molecule has 0 aliphatic carbocycles. The number of hydrogen-bond donors (Lipinski definition) is 1. The molecule has 3 aliphatic rings. The van der Waals surface area contributed by atoms with E-state index in [4.69, 9.17) is 18.9 Å². The van der Waals surface area contributed by atoms with Crippen molar-refractivity contribution in [1.29, 1.82) is 0 Å². The lowest BCUT2D eigenvalue weighted by Crippen LogP contribution is -2.54. The van der Waals surface area contributed by atoms with Gasteiger partial charge in [-0.15, -0.1) is 13.2 Å².